The number of allylic oxidation sites excluding steroid dienone is 1. The van der Waals surface area contributed by atoms with Crippen molar-refractivity contribution in [3.63, 3.8) is 0 Å². The predicted molar refractivity (Wildman–Crippen MR) is 98.2 cm³/mol. The molecule has 1 aromatic rings. The molecule has 0 atom stereocenters. The van der Waals surface area contributed by atoms with E-state index in [0.29, 0.717) is 22.8 Å². The van der Waals surface area contributed by atoms with Crippen molar-refractivity contribution in [2.45, 2.75) is 45.4 Å². The number of hydrogen-bond acceptors (Lipinski definition) is 5. The van der Waals surface area contributed by atoms with Crippen LogP contribution in [-0.2, 0) is 9.53 Å². The number of ether oxygens (including phenoxy) is 3. The lowest BCUT2D eigenvalue weighted by Gasteiger charge is -2.20. The first-order chi connectivity index (χ1) is 12.6. The number of carbonyl (C=O) groups is 1. The molecule has 26 heavy (non-hydrogen) atoms. The van der Waals surface area contributed by atoms with E-state index in [1.165, 1.54) is 19.3 Å². The number of aliphatic carboxylic acids is 1. The van der Waals surface area contributed by atoms with Crippen molar-refractivity contribution in [2.75, 3.05) is 13.2 Å². The molecule has 6 nitrogen and oxygen atoms in total. The van der Waals surface area contributed by atoms with Gasteiger partial charge < -0.3 is 24.4 Å². The van der Waals surface area contributed by atoms with Crippen LogP contribution in [0.5, 0.6) is 11.5 Å². The summed E-state index contributed by atoms with van der Waals surface area (Å²) in [5.41, 5.74) is 0.468. The van der Waals surface area contributed by atoms with Gasteiger partial charge in [0.15, 0.2) is 11.5 Å². The Bertz CT molecular complexity index is 662. The molecule has 1 aliphatic rings. The maximum absolute atomic E-state index is 10.5. The maximum Gasteiger partial charge on any atom is 0.306 e. The molecule has 0 amide bonds. The Labute approximate surface area is 153 Å². The van der Waals surface area contributed by atoms with Crippen molar-refractivity contribution in [1.82, 2.24) is 0 Å². The lowest BCUT2D eigenvalue weighted by atomic mass is 10.1. The topological polar surface area (TPSA) is 85.2 Å². The molecular formula is C20H26O6. The van der Waals surface area contributed by atoms with Crippen molar-refractivity contribution >= 4 is 11.7 Å². The van der Waals surface area contributed by atoms with Crippen LogP contribution in [0.25, 0.3) is 5.76 Å². The molecule has 6 heteroatoms. The summed E-state index contributed by atoms with van der Waals surface area (Å²) in [7, 11) is 0. The van der Waals surface area contributed by atoms with Gasteiger partial charge in [0.1, 0.15) is 18.1 Å². The van der Waals surface area contributed by atoms with Crippen LogP contribution in [0.1, 0.15) is 51.0 Å². The van der Waals surface area contributed by atoms with E-state index in [1.807, 2.05) is 6.08 Å². The molecule has 2 N–H and O–H groups in total. The minimum absolute atomic E-state index is 0.00516. The van der Waals surface area contributed by atoms with E-state index < -0.39 is 5.97 Å². The van der Waals surface area contributed by atoms with Crippen molar-refractivity contribution in [2.24, 2.45) is 0 Å². The van der Waals surface area contributed by atoms with Crippen LogP contribution in [0.15, 0.2) is 36.3 Å². The second kappa shape index (κ2) is 10.4. The third kappa shape index (κ3) is 6.02. The lowest BCUT2D eigenvalue weighted by molar-refractivity contribution is -0.137. The standard InChI is InChI=1S/C20H26O6/c1-2-3-4-5-6-7-11-25-18-14-26-17-9-8-15(13-16(17)20(18)23)24-12-10-19(21)22/h7-9,11,13,23H,2-6,10,12,14H2,1H3,(H,21,22). The number of unbranched alkanes of at least 4 members (excludes halogenated alkanes) is 4. The van der Waals surface area contributed by atoms with Crippen LogP contribution < -0.4 is 9.47 Å². The molecular weight excluding hydrogens is 336 g/mol. The zero-order valence-corrected chi connectivity index (χ0v) is 15.1. The van der Waals surface area contributed by atoms with Crippen LogP contribution >= 0.6 is 0 Å². The summed E-state index contributed by atoms with van der Waals surface area (Å²) in [6.07, 6.45) is 9.14. The summed E-state index contributed by atoms with van der Waals surface area (Å²) < 4.78 is 16.5. The highest BCUT2D eigenvalue weighted by atomic mass is 16.5. The fraction of sp³-hybridized carbons (Fsp3) is 0.450. The Morgan fingerprint density at radius 1 is 1.31 bits per heavy atom. The highest BCUT2D eigenvalue weighted by Crippen LogP contribution is 2.34. The van der Waals surface area contributed by atoms with E-state index in [4.69, 9.17) is 19.3 Å². The summed E-state index contributed by atoms with van der Waals surface area (Å²) in [6, 6.07) is 4.97. The van der Waals surface area contributed by atoms with Crippen LogP contribution in [0.3, 0.4) is 0 Å². The van der Waals surface area contributed by atoms with E-state index in [1.54, 1.807) is 24.5 Å². The Morgan fingerprint density at radius 2 is 2.15 bits per heavy atom. The Hall–Kier alpha value is -2.63. The summed E-state index contributed by atoms with van der Waals surface area (Å²) in [5, 5.41) is 19.1. The molecule has 0 radical (unpaired) electrons. The van der Waals surface area contributed by atoms with Crippen molar-refractivity contribution in [3.05, 3.63) is 41.9 Å². The number of aliphatic hydroxyl groups is 1. The van der Waals surface area contributed by atoms with Gasteiger partial charge in [-0.15, -0.1) is 0 Å². The molecule has 142 valence electrons. The van der Waals surface area contributed by atoms with Crippen molar-refractivity contribution in [3.8, 4) is 11.5 Å². The minimum Gasteiger partial charge on any atom is -0.504 e. The van der Waals surface area contributed by atoms with Gasteiger partial charge in [-0.3, -0.25) is 4.79 Å². The van der Waals surface area contributed by atoms with Gasteiger partial charge in [0.25, 0.3) is 0 Å². The zero-order valence-electron chi connectivity index (χ0n) is 15.1. The van der Waals surface area contributed by atoms with Crippen LogP contribution in [0.2, 0.25) is 0 Å². The normalized spacial score (nSPS) is 13.4. The van der Waals surface area contributed by atoms with Crippen LogP contribution in [-0.4, -0.2) is 29.4 Å². The summed E-state index contributed by atoms with van der Waals surface area (Å²) >= 11 is 0. The zero-order chi connectivity index (χ0) is 18.8. The van der Waals surface area contributed by atoms with E-state index in [0.717, 1.165) is 12.8 Å². The summed E-state index contributed by atoms with van der Waals surface area (Å²) in [4.78, 5) is 10.5. The number of rotatable bonds is 11. The third-order valence-electron chi connectivity index (χ3n) is 3.94. The van der Waals surface area contributed by atoms with Gasteiger partial charge in [-0.05, 0) is 37.1 Å². The molecule has 0 aromatic heterocycles. The summed E-state index contributed by atoms with van der Waals surface area (Å²) in [6.45, 7) is 2.39. The number of fused-ring (bicyclic) bond motifs is 1. The number of hydrogen-bond donors (Lipinski definition) is 2. The molecule has 0 saturated heterocycles. The Morgan fingerprint density at radius 3 is 2.92 bits per heavy atom. The molecule has 1 aromatic carbocycles. The van der Waals surface area contributed by atoms with E-state index >= 15 is 0 Å². The number of benzene rings is 1. The molecule has 0 spiro atoms. The van der Waals surface area contributed by atoms with Gasteiger partial charge in [0, 0.05) is 0 Å². The van der Waals surface area contributed by atoms with Gasteiger partial charge in [0.05, 0.1) is 24.9 Å². The number of aliphatic hydroxyl groups excluding tert-OH is 1. The first kappa shape index (κ1) is 19.7. The third-order valence-corrected chi connectivity index (χ3v) is 3.94. The van der Waals surface area contributed by atoms with Crippen molar-refractivity contribution in [1.29, 1.82) is 0 Å². The minimum atomic E-state index is -0.925. The van der Waals surface area contributed by atoms with Gasteiger partial charge in [-0.2, -0.15) is 0 Å². The van der Waals surface area contributed by atoms with E-state index in [9.17, 15) is 9.90 Å². The number of carboxylic acid groups (broad SMARTS) is 1. The van der Waals surface area contributed by atoms with Gasteiger partial charge in [0.2, 0.25) is 0 Å². The molecule has 1 aliphatic heterocycles. The quantitative estimate of drug-likeness (QED) is 0.440. The average Bonchev–Trinajstić information content (AvgIpc) is 2.62. The van der Waals surface area contributed by atoms with Gasteiger partial charge in [-0.25, -0.2) is 0 Å². The van der Waals surface area contributed by atoms with Gasteiger partial charge in [-0.1, -0.05) is 26.2 Å². The van der Waals surface area contributed by atoms with Crippen LogP contribution in [0.4, 0.5) is 0 Å². The maximum atomic E-state index is 10.5. The molecule has 0 unspecified atom stereocenters. The molecule has 1 heterocycles. The predicted octanol–water partition coefficient (Wildman–Crippen LogP) is 4.66. The summed E-state index contributed by atoms with van der Waals surface area (Å²) in [5.74, 6) is 0.415. The second-order valence-corrected chi connectivity index (χ2v) is 6.05. The number of carboxylic acids is 1. The van der Waals surface area contributed by atoms with Crippen molar-refractivity contribution < 1.29 is 29.2 Å². The average molecular weight is 362 g/mol. The van der Waals surface area contributed by atoms with Gasteiger partial charge >= 0.3 is 5.97 Å². The molecule has 0 aliphatic carbocycles. The first-order valence-electron chi connectivity index (χ1n) is 8.97. The highest BCUT2D eigenvalue weighted by molar-refractivity contribution is 5.70. The Kier molecular flexibility index (Phi) is 7.86. The molecule has 0 bridgehead atoms. The van der Waals surface area contributed by atoms with E-state index in [-0.39, 0.29) is 25.4 Å². The second-order valence-electron chi connectivity index (χ2n) is 6.05. The monoisotopic (exact) mass is 362 g/mol. The highest BCUT2D eigenvalue weighted by Gasteiger charge is 2.21. The van der Waals surface area contributed by atoms with Crippen LogP contribution in [0, 0.1) is 0 Å². The molecule has 0 saturated carbocycles. The fourth-order valence-electron chi connectivity index (χ4n) is 2.50. The lowest BCUT2D eigenvalue weighted by Crippen LogP contribution is -2.12. The first-order valence-corrected chi connectivity index (χ1v) is 8.97. The molecule has 2 rings (SSSR count). The SMILES string of the molecule is CCCCCCC=COC1=C(O)c2cc(OCCC(=O)O)ccc2OC1. The largest absolute Gasteiger partial charge is 0.504 e. The Balaban J connectivity index is 1.94. The smallest absolute Gasteiger partial charge is 0.306 e. The molecule has 0 fully saturated rings. The fourth-order valence-corrected chi connectivity index (χ4v) is 2.50. The van der Waals surface area contributed by atoms with E-state index in [2.05, 4.69) is 6.92 Å².